The molecular formula is C10H5F6NO2. The van der Waals surface area contributed by atoms with Crippen LogP contribution in [0.1, 0.15) is 11.1 Å². The van der Waals surface area contributed by atoms with Gasteiger partial charge in [0, 0.05) is 0 Å². The molecule has 0 saturated heterocycles. The molecular weight excluding hydrogens is 280 g/mol. The lowest BCUT2D eigenvalue weighted by Crippen LogP contribution is -2.11. The predicted molar refractivity (Wildman–Crippen MR) is 50.8 cm³/mol. The van der Waals surface area contributed by atoms with Gasteiger partial charge >= 0.3 is 12.4 Å². The smallest absolute Gasteiger partial charge is 0.418 e. The molecule has 0 aromatic heterocycles. The number of nitrogens with zero attached hydrogens (tertiary/aromatic N) is 1. The summed E-state index contributed by atoms with van der Waals surface area (Å²) in [5.41, 5.74) is -4.32. The van der Waals surface area contributed by atoms with Gasteiger partial charge in [-0.15, -0.1) is 0 Å². The van der Waals surface area contributed by atoms with E-state index in [0.29, 0.717) is 6.07 Å². The maximum atomic E-state index is 12.6. The number of carbonyl (C=O) groups excluding carboxylic acids is 1. The van der Waals surface area contributed by atoms with Crippen LogP contribution in [0.3, 0.4) is 0 Å². The Labute approximate surface area is 102 Å². The van der Waals surface area contributed by atoms with Gasteiger partial charge in [-0.1, -0.05) is 0 Å². The summed E-state index contributed by atoms with van der Waals surface area (Å²) in [5.74, 6) is -0.814. The van der Waals surface area contributed by atoms with Crippen LogP contribution in [-0.4, -0.2) is 13.2 Å². The molecule has 9 heteroatoms. The SMILES string of the molecule is COc1cc(C(F)(F)F)cc(C(F)(F)F)c1N=C=O. The maximum absolute atomic E-state index is 12.6. The van der Waals surface area contributed by atoms with Crippen molar-refractivity contribution in [3.8, 4) is 5.75 Å². The van der Waals surface area contributed by atoms with Gasteiger partial charge in [0.05, 0.1) is 18.2 Å². The van der Waals surface area contributed by atoms with E-state index in [0.717, 1.165) is 13.2 Å². The van der Waals surface area contributed by atoms with Crippen molar-refractivity contribution < 1.29 is 35.9 Å². The number of hydrogen-bond donors (Lipinski definition) is 0. The van der Waals surface area contributed by atoms with E-state index in [1.54, 1.807) is 0 Å². The highest BCUT2D eigenvalue weighted by atomic mass is 19.4. The zero-order chi connectivity index (χ0) is 14.8. The Morgan fingerprint density at radius 2 is 1.68 bits per heavy atom. The molecule has 0 aliphatic heterocycles. The number of isocyanates is 1. The van der Waals surface area contributed by atoms with Gasteiger partial charge < -0.3 is 4.74 Å². The van der Waals surface area contributed by atoms with Crippen molar-refractivity contribution >= 4 is 11.8 Å². The first kappa shape index (κ1) is 15.0. The van der Waals surface area contributed by atoms with E-state index >= 15 is 0 Å². The van der Waals surface area contributed by atoms with Crippen molar-refractivity contribution in [3.05, 3.63) is 23.3 Å². The molecule has 0 aliphatic carbocycles. The van der Waals surface area contributed by atoms with Crippen LogP contribution >= 0.6 is 0 Å². The summed E-state index contributed by atoms with van der Waals surface area (Å²) in [6.07, 6.45) is -9.27. The van der Waals surface area contributed by atoms with Crippen LogP contribution in [0.2, 0.25) is 0 Å². The molecule has 0 fully saturated rings. The Kier molecular flexibility index (Phi) is 3.90. The Balaban J connectivity index is 3.69. The van der Waals surface area contributed by atoms with Gasteiger partial charge in [0.15, 0.2) is 0 Å². The van der Waals surface area contributed by atoms with E-state index in [1.807, 2.05) is 0 Å². The number of methoxy groups -OCH3 is 1. The second-order valence-electron chi connectivity index (χ2n) is 3.27. The van der Waals surface area contributed by atoms with Gasteiger partial charge in [-0.05, 0) is 12.1 Å². The Morgan fingerprint density at radius 1 is 1.11 bits per heavy atom. The van der Waals surface area contributed by atoms with Gasteiger partial charge in [0.1, 0.15) is 11.4 Å². The van der Waals surface area contributed by atoms with Gasteiger partial charge in [0.25, 0.3) is 0 Å². The van der Waals surface area contributed by atoms with Gasteiger partial charge in [0.2, 0.25) is 6.08 Å². The molecule has 0 heterocycles. The zero-order valence-electron chi connectivity index (χ0n) is 9.19. The number of aliphatic imine (C=N–C) groups is 1. The van der Waals surface area contributed by atoms with Crippen LogP contribution in [0.15, 0.2) is 17.1 Å². The Morgan fingerprint density at radius 3 is 2.05 bits per heavy atom. The minimum absolute atomic E-state index is 0.140. The third kappa shape index (κ3) is 3.25. The third-order valence-corrected chi connectivity index (χ3v) is 2.09. The van der Waals surface area contributed by atoms with Gasteiger partial charge in [-0.3, -0.25) is 0 Å². The summed E-state index contributed by atoms with van der Waals surface area (Å²) in [6.45, 7) is 0. The molecule has 0 N–H and O–H groups in total. The second-order valence-corrected chi connectivity index (χ2v) is 3.27. The standard InChI is InChI=1S/C10H5F6NO2/c1-19-7-3-5(9(11,12)13)2-6(10(14,15)16)8(7)17-4-18/h2-3H,1H3. The second kappa shape index (κ2) is 4.93. The fourth-order valence-corrected chi connectivity index (χ4v) is 1.30. The molecule has 1 aromatic carbocycles. The highest BCUT2D eigenvalue weighted by Gasteiger charge is 2.40. The highest BCUT2D eigenvalue weighted by molar-refractivity contribution is 5.64. The average Bonchev–Trinajstić information content (AvgIpc) is 2.26. The Hall–Kier alpha value is -2.02. The first-order valence-corrected chi connectivity index (χ1v) is 4.55. The molecule has 0 saturated carbocycles. The van der Waals surface area contributed by atoms with Crippen LogP contribution in [0.4, 0.5) is 32.0 Å². The van der Waals surface area contributed by atoms with E-state index in [2.05, 4.69) is 9.73 Å². The van der Waals surface area contributed by atoms with Crippen LogP contribution in [0.5, 0.6) is 5.75 Å². The van der Waals surface area contributed by atoms with Crippen LogP contribution in [0, 0.1) is 0 Å². The Bertz CT molecular complexity index is 528. The normalized spacial score (nSPS) is 11.9. The molecule has 0 aliphatic rings. The van der Waals surface area contributed by atoms with E-state index in [9.17, 15) is 31.1 Å². The van der Waals surface area contributed by atoms with Crippen molar-refractivity contribution in [3.63, 3.8) is 0 Å². The summed E-state index contributed by atoms with van der Waals surface area (Å²) in [6, 6.07) is 0.185. The topological polar surface area (TPSA) is 38.7 Å². The van der Waals surface area contributed by atoms with Crippen LogP contribution < -0.4 is 4.74 Å². The monoisotopic (exact) mass is 285 g/mol. The largest absolute Gasteiger partial charge is 0.494 e. The fourth-order valence-electron chi connectivity index (χ4n) is 1.30. The van der Waals surface area contributed by atoms with Crippen molar-refractivity contribution in [1.82, 2.24) is 0 Å². The molecule has 0 radical (unpaired) electrons. The molecule has 0 bridgehead atoms. The van der Waals surface area contributed by atoms with Gasteiger partial charge in [-0.25, -0.2) is 4.79 Å². The average molecular weight is 285 g/mol. The number of benzene rings is 1. The summed E-state index contributed by atoms with van der Waals surface area (Å²) < 4.78 is 79.7. The molecule has 19 heavy (non-hydrogen) atoms. The quantitative estimate of drug-likeness (QED) is 0.472. The van der Waals surface area contributed by atoms with Crippen LogP contribution in [0.25, 0.3) is 0 Å². The predicted octanol–water partition coefficient (Wildman–Crippen LogP) is 3.70. The van der Waals surface area contributed by atoms with E-state index < -0.39 is 34.9 Å². The van der Waals surface area contributed by atoms with Crippen LogP contribution in [-0.2, 0) is 17.1 Å². The molecule has 1 rings (SSSR count). The van der Waals surface area contributed by atoms with Gasteiger partial charge in [-0.2, -0.15) is 31.3 Å². The summed E-state index contributed by atoms with van der Waals surface area (Å²) in [5, 5.41) is 0. The highest BCUT2D eigenvalue weighted by Crippen LogP contribution is 2.45. The first-order chi connectivity index (χ1) is 8.61. The third-order valence-electron chi connectivity index (χ3n) is 2.09. The minimum atomic E-state index is -5.12. The maximum Gasteiger partial charge on any atom is 0.418 e. The fraction of sp³-hybridized carbons (Fsp3) is 0.300. The number of alkyl halides is 6. The van der Waals surface area contributed by atoms with Crippen molar-refractivity contribution in [2.75, 3.05) is 7.11 Å². The lowest BCUT2D eigenvalue weighted by molar-refractivity contribution is -0.142. The molecule has 3 nitrogen and oxygen atoms in total. The summed E-state index contributed by atoms with van der Waals surface area (Å²) >= 11 is 0. The number of halogens is 6. The molecule has 0 atom stereocenters. The molecule has 0 amide bonds. The zero-order valence-corrected chi connectivity index (χ0v) is 9.19. The summed E-state index contributed by atoms with van der Waals surface area (Å²) in [4.78, 5) is 12.8. The van der Waals surface area contributed by atoms with Crippen molar-refractivity contribution in [2.24, 2.45) is 4.99 Å². The van der Waals surface area contributed by atoms with Crippen molar-refractivity contribution in [1.29, 1.82) is 0 Å². The minimum Gasteiger partial charge on any atom is -0.494 e. The van der Waals surface area contributed by atoms with E-state index in [4.69, 9.17) is 0 Å². The number of hydrogen-bond acceptors (Lipinski definition) is 3. The molecule has 1 aromatic rings. The number of ether oxygens (including phenoxy) is 1. The van der Waals surface area contributed by atoms with E-state index in [-0.39, 0.29) is 6.07 Å². The van der Waals surface area contributed by atoms with E-state index in [1.165, 1.54) is 0 Å². The van der Waals surface area contributed by atoms with Crippen molar-refractivity contribution in [2.45, 2.75) is 12.4 Å². The lowest BCUT2D eigenvalue weighted by Gasteiger charge is -2.16. The lowest BCUT2D eigenvalue weighted by atomic mass is 10.1. The molecule has 0 unspecified atom stereocenters. The first-order valence-electron chi connectivity index (χ1n) is 4.55. The molecule has 104 valence electrons. The molecule has 0 spiro atoms. The summed E-state index contributed by atoms with van der Waals surface area (Å²) in [7, 11) is 0.861. The number of rotatable bonds is 2.